The van der Waals surface area contributed by atoms with Crippen LogP contribution < -0.4 is 4.74 Å². The van der Waals surface area contributed by atoms with E-state index in [2.05, 4.69) is 52.1 Å². The largest absolute Gasteiger partial charge is 0.496 e. The zero-order valence-corrected chi connectivity index (χ0v) is 16.6. The molecule has 1 atom stereocenters. The maximum Gasteiger partial charge on any atom is 0.176 e. The molecule has 1 aromatic carbocycles. The molecule has 0 saturated carbocycles. The third kappa shape index (κ3) is 6.39. The van der Waals surface area contributed by atoms with Crippen LogP contribution in [0.3, 0.4) is 0 Å². The van der Waals surface area contributed by atoms with Crippen LogP contribution in [-0.4, -0.2) is 16.2 Å². The van der Waals surface area contributed by atoms with Crippen molar-refractivity contribution >= 4 is 34.8 Å². The maximum atomic E-state index is 5.76. The minimum Gasteiger partial charge on any atom is -0.496 e. The Morgan fingerprint density at radius 2 is 1.84 bits per heavy atom. The summed E-state index contributed by atoms with van der Waals surface area (Å²) in [6.07, 6.45) is 1.01. The summed E-state index contributed by atoms with van der Waals surface area (Å²) in [4.78, 5) is 0. The number of benzene rings is 1. The van der Waals surface area contributed by atoms with Gasteiger partial charge in [0, 0.05) is 15.0 Å². The van der Waals surface area contributed by atoms with Crippen LogP contribution in [0.1, 0.15) is 31.9 Å². The molecular formula is C14H26BrO2PSi. The average Bonchev–Trinajstić information content (AvgIpc) is 2.27. The van der Waals surface area contributed by atoms with Crippen molar-refractivity contribution < 1.29 is 8.95 Å². The van der Waals surface area contributed by atoms with E-state index in [0.29, 0.717) is 8.81 Å². The minimum absolute atomic E-state index is 0. The fraction of sp³-hybridized carbons (Fsp3) is 0.571. The highest BCUT2D eigenvalue weighted by Crippen LogP contribution is 2.33. The predicted molar refractivity (Wildman–Crippen MR) is 94.0 cm³/mol. The van der Waals surface area contributed by atoms with Crippen molar-refractivity contribution in [3.8, 4) is 5.75 Å². The lowest BCUT2D eigenvalue weighted by Crippen LogP contribution is -2.13. The summed E-state index contributed by atoms with van der Waals surface area (Å²) in [5, 5.41) is 0. The van der Waals surface area contributed by atoms with Gasteiger partial charge in [-0.25, -0.2) is 0 Å². The summed E-state index contributed by atoms with van der Waals surface area (Å²) in [5.41, 5.74) is 2.72. The molecule has 0 spiro atoms. The molecule has 5 heteroatoms. The Balaban J connectivity index is 0.00000324. The highest BCUT2D eigenvalue weighted by molar-refractivity contribution is 8.93. The van der Waals surface area contributed by atoms with E-state index < -0.39 is 9.04 Å². The van der Waals surface area contributed by atoms with Crippen molar-refractivity contribution in [1.29, 1.82) is 0 Å². The first-order chi connectivity index (χ1) is 8.34. The van der Waals surface area contributed by atoms with E-state index in [-0.39, 0.29) is 22.4 Å². The van der Waals surface area contributed by atoms with Crippen molar-refractivity contribution in [3.63, 3.8) is 0 Å². The number of hydrogen-bond donors (Lipinski definition) is 0. The fourth-order valence-corrected chi connectivity index (χ4v) is 3.80. The Hall–Kier alpha value is 0.107. The van der Waals surface area contributed by atoms with Gasteiger partial charge < -0.3 is 8.95 Å². The Morgan fingerprint density at radius 1 is 1.21 bits per heavy atom. The minimum atomic E-state index is -0.886. The van der Waals surface area contributed by atoms with E-state index in [9.17, 15) is 0 Å². The van der Waals surface area contributed by atoms with Crippen LogP contribution in [0, 0.1) is 0 Å². The van der Waals surface area contributed by atoms with Gasteiger partial charge in [0.15, 0.2) is 9.04 Å². The SMILES string of the molecule is Br.COc1ccc(CPO[SiH](C)C)cc1C(C)(C)C. The van der Waals surface area contributed by atoms with Gasteiger partial charge >= 0.3 is 0 Å². The average molecular weight is 365 g/mol. The van der Waals surface area contributed by atoms with E-state index >= 15 is 0 Å². The normalized spacial score (nSPS) is 11.9. The van der Waals surface area contributed by atoms with Crippen LogP contribution in [0.25, 0.3) is 0 Å². The second kappa shape index (κ2) is 8.41. The summed E-state index contributed by atoms with van der Waals surface area (Å²) >= 11 is 0. The van der Waals surface area contributed by atoms with E-state index in [1.807, 2.05) is 0 Å². The molecule has 1 unspecified atom stereocenters. The summed E-state index contributed by atoms with van der Waals surface area (Å²) in [5.74, 6) is 0.980. The number of halogens is 1. The van der Waals surface area contributed by atoms with E-state index in [1.165, 1.54) is 11.1 Å². The van der Waals surface area contributed by atoms with Gasteiger partial charge in [-0.15, -0.1) is 17.0 Å². The monoisotopic (exact) mass is 364 g/mol. The van der Waals surface area contributed by atoms with Gasteiger partial charge in [0.1, 0.15) is 5.75 Å². The topological polar surface area (TPSA) is 18.5 Å². The lowest BCUT2D eigenvalue weighted by atomic mass is 9.85. The quantitative estimate of drug-likeness (QED) is 0.558. The number of ether oxygens (including phenoxy) is 1. The van der Waals surface area contributed by atoms with Crippen molar-refractivity contribution in [1.82, 2.24) is 0 Å². The molecule has 0 aliphatic rings. The Morgan fingerprint density at radius 3 is 2.32 bits per heavy atom. The van der Waals surface area contributed by atoms with Gasteiger partial charge in [0.2, 0.25) is 0 Å². The summed E-state index contributed by atoms with van der Waals surface area (Å²) in [6, 6.07) is 6.48. The predicted octanol–water partition coefficient (Wildman–Crippen LogP) is 4.66. The van der Waals surface area contributed by atoms with Gasteiger partial charge in [0.25, 0.3) is 0 Å². The molecule has 2 nitrogen and oxygen atoms in total. The van der Waals surface area contributed by atoms with Crippen molar-refractivity contribution in [3.05, 3.63) is 29.3 Å². The first-order valence-corrected chi connectivity index (χ1v) is 10.3. The Labute approximate surface area is 131 Å². The van der Waals surface area contributed by atoms with Gasteiger partial charge in [-0.05, 0) is 35.7 Å². The summed E-state index contributed by atoms with van der Waals surface area (Å²) in [7, 11) is 1.44. The molecule has 0 aromatic heterocycles. The van der Waals surface area contributed by atoms with Crippen molar-refractivity contribution in [2.45, 2.75) is 45.4 Å². The van der Waals surface area contributed by atoms with Gasteiger partial charge in [-0.3, -0.25) is 0 Å². The molecule has 1 rings (SSSR count). The fourth-order valence-electron chi connectivity index (χ4n) is 1.74. The van der Waals surface area contributed by atoms with Crippen LogP contribution in [0.2, 0.25) is 13.1 Å². The van der Waals surface area contributed by atoms with Crippen molar-refractivity contribution in [2.24, 2.45) is 0 Å². The van der Waals surface area contributed by atoms with Crippen LogP contribution in [-0.2, 0) is 15.8 Å². The third-order valence-corrected chi connectivity index (χ3v) is 5.77. The molecule has 0 heterocycles. The second-order valence-electron chi connectivity index (χ2n) is 5.77. The zero-order valence-electron chi connectivity index (χ0n) is 12.7. The van der Waals surface area contributed by atoms with Gasteiger partial charge in [-0.2, -0.15) is 0 Å². The van der Waals surface area contributed by atoms with Crippen LogP contribution in [0.4, 0.5) is 0 Å². The highest BCUT2D eigenvalue weighted by atomic mass is 79.9. The molecule has 0 aliphatic heterocycles. The molecule has 110 valence electrons. The molecule has 0 saturated heterocycles. The van der Waals surface area contributed by atoms with Crippen LogP contribution >= 0.6 is 25.8 Å². The molecular weight excluding hydrogens is 339 g/mol. The molecule has 1 aromatic rings. The third-order valence-electron chi connectivity index (χ3n) is 2.67. The molecule has 0 radical (unpaired) electrons. The highest BCUT2D eigenvalue weighted by Gasteiger charge is 2.19. The van der Waals surface area contributed by atoms with Crippen LogP contribution in [0.15, 0.2) is 18.2 Å². The zero-order chi connectivity index (χ0) is 13.8. The number of methoxy groups -OCH3 is 1. The molecule has 0 bridgehead atoms. The Bertz CT molecular complexity index is 392. The lowest BCUT2D eigenvalue weighted by Gasteiger charge is -2.23. The second-order valence-corrected chi connectivity index (χ2v) is 9.45. The standard InChI is InChI=1S/C14H25O2PSi.BrH/c1-14(2,3)12-9-11(7-8-13(12)15-4)10-17-16-18(5)6;/h7-9,17-18H,10H2,1-6H3;1H. The molecule has 0 N–H and O–H groups in total. The summed E-state index contributed by atoms with van der Waals surface area (Å²) in [6.45, 7) is 11.1. The lowest BCUT2D eigenvalue weighted by molar-refractivity contribution is 0.397. The smallest absolute Gasteiger partial charge is 0.176 e. The van der Waals surface area contributed by atoms with Gasteiger partial charge in [0.05, 0.1) is 7.11 Å². The van der Waals surface area contributed by atoms with E-state index in [0.717, 1.165) is 11.9 Å². The summed E-state index contributed by atoms with van der Waals surface area (Å²) < 4.78 is 11.2. The van der Waals surface area contributed by atoms with E-state index in [4.69, 9.17) is 8.95 Å². The number of hydrogen-bond acceptors (Lipinski definition) is 2. The molecule has 0 aliphatic carbocycles. The van der Waals surface area contributed by atoms with Gasteiger partial charge in [-0.1, -0.05) is 32.9 Å². The first-order valence-electron chi connectivity index (χ1n) is 6.40. The van der Waals surface area contributed by atoms with Crippen molar-refractivity contribution in [2.75, 3.05) is 7.11 Å². The first kappa shape index (κ1) is 19.1. The molecule has 0 amide bonds. The maximum absolute atomic E-state index is 5.76. The molecule has 0 fully saturated rings. The van der Waals surface area contributed by atoms with E-state index in [1.54, 1.807) is 7.11 Å². The Kier molecular flexibility index (Phi) is 8.45. The number of rotatable bonds is 5. The van der Waals surface area contributed by atoms with Crippen LogP contribution in [0.5, 0.6) is 5.75 Å². The molecule has 19 heavy (non-hydrogen) atoms.